The normalized spacial score (nSPS) is 10.3. The van der Waals surface area contributed by atoms with Gasteiger partial charge in [-0.3, -0.25) is 4.79 Å². The summed E-state index contributed by atoms with van der Waals surface area (Å²) in [5.74, 6) is -0.0934. The molecule has 2 aromatic carbocycles. The fraction of sp³-hybridized carbons (Fsp3) is 0.133. The van der Waals surface area contributed by atoms with Crippen LogP contribution in [-0.4, -0.2) is 5.91 Å². The van der Waals surface area contributed by atoms with Gasteiger partial charge in [0.25, 0.3) is 0 Å². The van der Waals surface area contributed by atoms with Crippen LogP contribution >= 0.6 is 34.8 Å². The summed E-state index contributed by atoms with van der Waals surface area (Å²) in [5.41, 5.74) is 1.63. The first-order valence-electron chi connectivity index (χ1n) is 6.04. The van der Waals surface area contributed by atoms with Crippen molar-refractivity contribution in [1.82, 2.24) is 0 Å². The van der Waals surface area contributed by atoms with Crippen molar-refractivity contribution in [2.45, 2.75) is 12.8 Å². The maximum atomic E-state index is 11.9. The van der Waals surface area contributed by atoms with Gasteiger partial charge in [0.2, 0.25) is 5.91 Å². The molecule has 0 bridgehead atoms. The van der Waals surface area contributed by atoms with Crippen LogP contribution in [0.4, 0.5) is 5.69 Å². The Balaban J connectivity index is 1.90. The Labute approximate surface area is 132 Å². The number of aryl methyl sites for hydroxylation is 1. The van der Waals surface area contributed by atoms with Gasteiger partial charge >= 0.3 is 0 Å². The predicted molar refractivity (Wildman–Crippen MR) is 84.9 cm³/mol. The van der Waals surface area contributed by atoms with E-state index in [-0.39, 0.29) is 5.91 Å². The second-order valence-electron chi connectivity index (χ2n) is 4.30. The van der Waals surface area contributed by atoms with Gasteiger partial charge in [0.1, 0.15) is 0 Å². The molecule has 0 aliphatic heterocycles. The second kappa shape index (κ2) is 6.98. The third-order valence-electron chi connectivity index (χ3n) is 2.76. The molecule has 0 aromatic heterocycles. The van der Waals surface area contributed by atoms with Gasteiger partial charge in [0, 0.05) is 16.5 Å². The summed E-state index contributed by atoms with van der Waals surface area (Å²) in [4.78, 5) is 11.9. The summed E-state index contributed by atoms with van der Waals surface area (Å²) in [6.45, 7) is 0. The van der Waals surface area contributed by atoms with Crippen molar-refractivity contribution in [2.24, 2.45) is 0 Å². The zero-order valence-corrected chi connectivity index (χ0v) is 12.8. The van der Waals surface area contributed by atoms with Crippen molar-refractivity contribution in [2.75, 3.05) is 5.32 Å². The highest BCUT2D eigenvalue weighted by Crippen LogP contribution is 2.25. The highest BCUT2D eigenvalue weighted by atomic mass is 35.5. The van der Waals surface area contributed by atoms with Gasteiger partial charge in [0.15, 0.2) is 0 Å². The molecule has 0 fully saturated rings. The molecule has 0 saturated heterocycles. The first kappa shape index (κ1) is 15.2. The summed E-state index contributed by atoms with van der Waals surface area (Å²) in [7, 11) is 0. The molecule has 0 spiro atoms. The van der Waals surface area contributed by atoms with Crippen LogP contribution < -0.4 is 5.32 Å². The number of halogens is 3. The maximum Gasteiger partial charge on any atom is 0.224 e. The molecular weight excluding hydrogens is 317 g/mol. The van der Waals surface area contributed by atoms with Crippen molar-refractivity contribution in [3.05, 3.63) is 63.1 Å². The Morgan fingerprint density at radius 3 is 2.25 bits per heavy atom. The van der Waals surface area contributed by atoms with E-state index in [4.69, 9.17) is 34.8 Å². The summed E-state index contributed by atoms with van der Waals surface area (Å²) in [5, 5.41) is 4.41. The summed E-state index contributed by atoms with van der Waals surface area (Å²) in [6, 6.07) is 12.4. The third kappa shape index (κ3) is 4.41. The Morgan fingerprint density at radius 2 is 1.60 bits per heavy atom. The van der Waals surface area contributed by atoms with Gasteiger partial charge in [-0.15, -0.1) is 0 Å². The molecule has 0 unspecified atom stereocenters. The van der Waals surface area contributed by atoms with Gasteiger partial charge in [-0.25, -0.2) is 0 Å². The van der Waals surface area contributed by atoms with Gasteiger partial charge < -0.3 is 5.32 Å². The highest BCUT2D eigenvalue weighted by molar-refractivity contribution is 6.36. The van der Waals surface area contributed by atoms with E-state index in [1.165, 1.54) is 0 Å². The number of rotatable bonds is 4. The predicted octanol–water partition coefficient (Wildman–Crippen LogP) is 5.22. The third-order valence-corrected chi connectivity index (χ3v) is 3.56. The van der Waals surface area contributed by atoms with E-state index in [0.29, 0.717) is 33.6 Å². The average molecular weight is 329 g/mol. The Hall–Kier alpha value is -1.22. The van der Waals surface area contributed by atoms with Crippen molar-refractivity contribution in [3.63, 3.8) is 0 Å². The summed E-state index contributed by atoms with van der Waals surface area (Å²) < 4.78 is 0. The Kier molecular flexibility index (Phi) is 5.30. The minimum atomic E-state index is -0.0934. The molecule has 2 aromatic rings. The molecule has 5 heteroatoms. The molecule has 0 aliphatic rings. The van der Waals surface area contributed by atoms with Crippen LogP contribution in [0.2, 0.25) is 15.1 Å². The van der Waals surface area contributed by atoms with E-state index in [1.807, 2.05) is 24.3 Å². The topological polar surface area (TPSA) is 29.1 Å². The lowest BCUT2D eigenvalue weighted by Gasteiger charge is -2.07. The molecule has 0 aliphatic carbocycles. The van der Waals surface area contributed by atoms with Crippen LogP contribution in [0.25, 0.3) is 0 Å². The molecular formula is C15H12Cl3NO. The SMILES string of the molecule is O=C(CCc1ccc(Cl)cc1)Nc1ccc(Cl)cc1Cl. The fourth-order valence-electron chi connectivity index (χ4n) is 1.71. The number of hydrogen-bond donors (Lipinski definition) is 1. The number of nitrogens with one attached hydrogen (secondary N) is 1. The van der Waals surface area contributed by atoms with Crippen LogP contribution in [0.1, 0.15) is 12.0 Å². The first-order chi connectivity index (χ1) is 9.54. The standard InChI is InChI=1S/C15H12Cl3NO/c16-11-4-1-10(2-5-11)3-8-15(20)19-14-7-6-12(17)9-13(14)18/h1-2,4-7,9H,3,8H2,(H,19,20). The molecule has 104 valence electrons. The second-order valence-corrected chi connectivity index (χ2v) is 5.58. The van der Waals surface area contributed by atoms with E-state index in [9.17, 15) is 4.79 Å². The molecule has 0 saturated carbocycles. The molecule has 2 rings (SSSR count). The van der Waals surface area contributed by atoms with E-state index < -0.39 is 0 Å². The Morgan fingerprint density at radius 1 is 0.950 bits per heavy atom. The summed E-state index contributed by atoms with van der Waals surface area (Å²) in [6.07, 6.45) is 1.02. The number of carbonyl (C=O) groups is 1. The minimum Gasteiger partial charge on any atom is -0.325 e. The lowest BCUT2D eigenvalue weighted by molar-refractivity contribution is -0.116. The minimum absolute atomic E-state index is 0.0934. The largest absolute Gasteiger partial charge is 0.325 e. The van der Waals surface area contributed by atoms with E-state index in [0.717, 1.165) is 5.56 Å². The molecule has 0 heterocycles. The first-order valence-corrected chi connectivity index (χ1v) is 7.17. The van der Waals surface area contributed by atoms with E-state index >= 15 is 0 Å². The van der Waals surface area contributed by atoms with Crippen molar-refractivity contribution < 1.29 is 4.79 Å². The number of hydrogen-bond acceptors (Lipinski definition) is 1. The van der Waals surface area contributed by atoms with Crippen molar-refractivity contribution in [3.8, 4) is 0 Å². The average Bonchev–Trinajstić information content (AvgIpc) is 2.41. The summed E-state index contributed by atoms with van der Waals surface area (Å²) >= 11 is 17.6. The number of amides is 1. The van der Waals surface area contributed by atoms with Gasteiger partial charge in [-0.2, -0.15) is 0 Å². The number of benzene rings is 2. The van der Waals surface area contributed by atoms with Crippen LogP contribution in [-0.2, 0) is 11.2 Å². The molecule has 1 N–H and O–H groups in total. The van der Waals surface area contributed by atoms with Crippen LogP contribution in [0.15, 0.2) is 42.5 Å². The lowest BCUT2D eigenvalue weighted by atomic mass is 10.1. The van der Waals surface area contributed by atoms with E-state index in [2.05, 4.69) is 5.32 Å². The quantitative estimate of drug-likeness (QED) is 0.819. The van der Waals surface area contributed by atoms with E-state index in [1.54, 1.807) is 18.2 Å². The molecule has 20 heavy (non-hydrogen) atoms. The highest BCUT2D eigenvalue weighted by Gasteiger charge is 2.06. The fourth-order valence-corrected chi connectivity index (χ4v) is 2.29. The Bertz CT molecular complexity index is 611. The van der Waals surface area contributed by atoms with Gasteiger partial charge in [-0.05, 0) is 42.3 Å². The van der Waals surface area contributed by atoms with Crippen molar-refractivity contribution >= 4 is 46.4 Å². The monoisotopic (exact) mass is 327 g/mol. The maximum absolute atomic E-state index is 11.9. The molecule has 0 atom stereocenters. The van der Waals surface area contributed by atoms with Gasteiger partial charge in [0.05, 0.1) is 10.7 Å². The number of anilines is 1. The van der Waals surface area contributed by atoms with Gasteiger partial charge in [-0.1, -0.05) is 46.9 Å². The van der Waals surface area contributed by atoms with Crippen molar-refractivity contribution in [1.29, 1.82) is 0 Å². The molecule has 1 amide bonds. The number of carbonyl (C=O) groups excluding carboxylic acids is 1. The smallest absolute Gasteiger partial charge is 0.224 e. The van der Waals surface area contributed by atoms with Crippen LogP contribution in [0.5, 0.6) is 0 Å². The van der Waals surface area contributed by atoms with Crippen LogP contribution in [0.3, 0.4) is 0 Å². The van der Waals surface area contributed by atoms with Crippen LogP contribution in [0, 0.1) is 0 Å². The lowest BCUT2D eigenvalue weighted by Crippen LogP contribution is -2.12. The molecule has 0 radical (unpaired) electrons. The zero-order valence-electron chi connectivity index (χ0n) is 10.5. The molecule has 2 nitrogen and oxygen atoms in total. The zero-order chi connectivity index (χ0) is 14.5.